The van der Waals surface area contributed by atoms with Crippen molar-refractivity contribution in [1.29, 1.82) is 0 Å². The number of nitrogen functional groups attached to an aromatic ring is 1. The molecule has 3 rings (SSSR count). The van der Waals surface area contributed by atoms with Crippen molar-refractivity contribution in [2.24, 2.45) is 0 Å². The number of amides is 1. The summed E-state index contributed by atoms with van der Waals surface area (Å²) in [7, 11) is 0. The molecule has 1 aromatic carbocycles. The van der Waals surface area contributed by atoms with Crippen LogP contribution in [0.3, 0.4) is 0 Å². The molecule has 1 aliphatic carbocycles. The summed E-state index contributed by atoms with van der Waals surface area (Å²) in [5.41, 5.74) is 8.07. The van der Waals surface area contributed by atoms with Crippen LogP contribution < -0.4 is 5.73 Å². The van der Waals surface area contributed by atoms with Gasteiger partial charge in [-0.15, -0.1) is 0 Å². The van der Waals surface area contributed by atoms with Crippen molar-refractivity contribution in [3.05, 3.63) is 51.2 Å². The molecule has 1 amide bonds. The number of nitrogens with zero attached hydrogens (tertiary/aromatic N) is 1. The van der Waals surface area contributed by atoms with E-state index in [0.29, 0.717) is 28.9 Å². The topological polar surface area (TPSA) is 46.3 Å². The van der Waals surface area contributed by atoms with E-state index in [4.69, 9.17) is 17.3 Å². The van der Waals surface area contributed by atoms with Gasteiger partial charge in [0, 0.05) is 23.3 Å². The summed E-state index contributed by atoms with van der Waals surface area (Å²) in [6.07, 6.45) is 2.15. The zero-order valence-corrected chi connectivity index (χ0v) is 12.5. The third kappa shape index (κ3) is 2.81. The van der Waals surface area contributed by atoms with Gasteiger partial charge in [0.05, 0.1) is 5.56 Å². The number of carbonyl (C=O) groups excluding carboxylic acids is 1. The summed E-state index contributed by atoms with van der Waals surface area (Å²) < 4.78 is 0. The van der Waals surface area contributed by atoms with Gasteiger partial charge in [0.15, 0.2) is 0 Å². The van der Waals surface area contributed by atoms with E-state index in [9.17, 15) is 4.79 Å². The van der Waals surface area contributed by atoms with Crippen molar-refractivity contribution >= 4 is 34.5 Å². The monoisotopic (exact) mass is 306 g/mol. The molecular formula is C15H15ClN2OS. The maximum atomic E-state index is 12.7. The van der Waals surface area contributed by atoms with E-state index in [2.05, 4.69) is 11.4 Å². The lowest BCUT2D eigenvalue weighted by molar-refractivity contribution is 0.0731. The summed E-state index contributed by atoms with van der Waals surface area (Å²) in [6, 6.07) is 7.45. The van der Waals surface area contributed by atoms with Gasteiger partial charge in [-0.3, -0.25) is 4.79 Å². The lowest BCUT2D eigenvalue weighted by Gasteiger charge is -2.23. The Kier molecular flexibility index (Phi) is 3.68. The van der Waals surface area contributed by atoms with Crippen molar-refractivity contribution < 1.29 is 4.79 Å². The lowest BCUT2D eigenvalue weighted by atomic mass is 10.1. The van der Waals surface area contributed by atoms with Gasteiger partial charge >= 0.3 is 0 Å². The molecule has 1 fully saturated rings. The average molecular weight is 307 g/mol. The van der Waals surface area contributed by atoms with Crippen molar-refractivity contribution in [1.82, 2.24) is 4.90 Å². The Bertz CT molecular complexity index is 623. The Hall–Kier alpha value is -1.52. The summed E-state index contributed by atoms with van der Waals surface area (Å²) in [6.45, 7) is 0.648. The molecule has 3 nitrogen and oxygen atoms in total. The molecule has 2 aromatic rings. The molecule has 1 saturated carbocycles. The van der Waals surface area contributed by atoms with E-state index in [-0.39, 0.29) is 5.91 Å². The molecule has 104 valence electrons. The molecule has 0 spiro atoms. The van der Waals surface area contributed by atoms with Crippen LogP contribution in [0.15, 0.2) is 35.0 Å². The van der Waals surface area contributed by atoms with Crippen molar-refractivity contribution in [2.45, 2.75) is 25.4 Å². The number of rotatable bonds is 4. The van der Waals surface area contributed by atoms with Crippen molar-refractivity contribution in [2.75, 3.05) is 5.73 Å². The highest BCUT2D eigenvalue weighted by Gasteiger charge is 2.33. The Morgan fingerprint density at radius 2 is 2.20 bits per heavy atom. The second kappa shape index (κ2) is 5.46. The van der Waals surface area contributed by atoms with Crippen LogP contribution in [0.2, 0.25) is 5.02 Å². The van der Waals surface area contributed by atoms with Crippen LogP contribution in [0.1, 0.15) is 28.8 Å². The molecule has 0 saturated heterocycles. The zero-order valence-electron chi connectivity index (χ0n) is 10.9. The molecule has 0 radical (unpaired) electrons. The number of halogens is 1. The van der Waals surface area contributed by atoms with Crippen LogP contribution in [0, 0.1) is 0 Å². The van der Waals surface area contributed by atoms with Crippen molar-refractivity contribution in [3.63, 3.8) is 0 Å². The minimum Gasteiger partial charge on any atom is -0.398 e. The largest absolute Gasteiger partial charge is 0.398 e. The third-order valence-electron chi connectivity index (χ3n) is 3.43. The predicted molar refractivity (Wildman–Crippen MR) is 83.1 cm³/mol. The van der Waals surface area contributed by atoms with Crippen LogP contribution in [0.25, 0.3) is 0 Å². The molecule has 0 unspecified atom stereocenters. The molecule has 20 heavy (non-hydrogen) atoms. The Balaban J connectivity index is 1.85. The molecule has 0 bridgehead atoms. The first-order valence-corrected chi connectivity index (χ1v) is 7.84. The summed E-state index contributed by atoms with van der Waals surface area (Å²) in [5.74, 6) is -0.00660. The average Bonchev–Trinajstić information content (AvgIpc) is 3.12. The minimum absolute atomic E-state index is 0.00660. The number of benzene rings is 1. The van der Waals surface area contributed by atoms with E-state index >= 15 is 0 Å². The van der Waals surface area contributed by atoms with E-state index in [0.717, 1.165) is 12.8 Å². The molecular weight excluding hydrogens is 292 g/mol. The first kappa shape index (κ1) is 13.5. The van der Waals surface area contributed by atoms with Gasteiger partial charge < -0.3 is 10.6 Å². The number of hydrogen-bond acceptors (Lipinski definition) is 3. The maximum Gasteiger partial charge on any atom is 0.256 e. The van der Waals surface area contributed by atoms with E-state index in [1.165, 1.54) is 5.56 Å². The highest BCUT2D eigenvalue weighted by molar-refractivity contribution is 7.07. The van der Waals surface area contributed by atoms with Crippen LogP contribution in [-0.2, 0) is 6.54 Å². The molecule has 1 aromatic heterocycles. The maximum absolute atomic E-state index is 12.7. The lowest BCUT2D eigenvalue weighted by Crippen LogP contribution is -2.33. The van der Waals surface area contributed by atoms with Crippen LogP contribution in [-0.4, -0.2) is 16.8 Å². The van der Waals surface area contributed by atoms with Gasteiger partial charge in [0.1, 0.15) is 0 Å². The van der Waals surface area contributed by atoms with E-state index in [1.54, 1.807) is 29.5 Å². The highest BCUT2D eigenvalue weighted by atomic mass is 35.5. The Morgan fingerprint density at radius 1 is 1.40 bits per heavy atom. The first-order chi connectivity index (χ1) is 9.65. The molecule has 5 heteroatoms. The number of thiophene rings is 1. The van der Waals surface area contributed by atoms with E-state index in [1.807, 2.05) is 10.3 Å². The van der Waals surface area contributed by atoms with Gasteiger partial charge in [0.2, 0.25) is 0 Å². The fourth-order valence-electron chi connectivity index (χ4n) is 2.22. The van der Waals surface area contributed by atoms with Gasteiger partial charge in [-0.25, -0.2) is 0 Å². The predicted octanol–water partition coefficient (Wildman–Crippen LogP) is 3.79. The fourth-order valence-corrected chi connectivity index (χ4v) is 3.06. The second-order valence-corrected chi connectivity index (χ2v) is 6.24. The minimum atomic E-state index is -0.00660. The van der Waals surface area contributed by atoms with Gasteiger partial charge in [-0.2, -0.15) is 11.3 Å². The van der Waals surface area contributed by atoms with Crippen LogP contribution >= 0.6 is 22.9 Å². The second-order valence-electron chi connectivity index (χ2n) is 5.03. The number of anilines is 1. The van der Waals surface area contributed by atoms with Crippen LogP contribution in [0.5, 0.6) is 0 Å². The highest BCUT2D eigenvalue weighted by Crippen LogP contribution is 2.31. The first-order valence-electron chi connectivity index (χ1n) is 6.52. The standard InChI is InChI=1S/C15H15ClN2OS/c16-11-1-4-13(14(17)7-11)15(19)18(12-2-3-12)8-10-5-6-20-9-10/h1,4-7,9,12H,2-3,8,17H2. The summed E-state index contributed by atoms with van der Waals surface area (Å²) in [4.78, 5) is 14.6. The smallest absolute Gasteiger partial charge is 0.256 e. The van der Waals surface area contributed by atoms with Gasteiger partial charge in [0.25, 0.3) is 5.91 Å². The normalized spacial score (nSPS) is 14.2. The number of carbonyl (C=O) groups is 1. The Morgan fingerprint density at radius 3 is 2.80 bits per heavy atom. The Labute approximate surface area is 127 Å². The van der Waals surface area contributed by atoms with Gasteiger partial charge in [-0.1, -0.05) is 11.6 Å². The molecule has 0 atom stereocenters. The number of hydrogen-bond donors (Lipinski definition) is 1. The van der Waals surface area contributed by atoms with E-state index < -0.39 is 0 Å². The summed E-state index contributed by atoms with van der Waals surface area (Å²) in [5, 5.41) is 4.66. The number of nitrogens with two attached hydrogens (primary N) is 1. The molecule has 0 aliphatic heterocycles. The van der Waals surface area contributed by atoms with Gasteiger partial charge in [-0.05, 0) is 53.4 Å². The van der Waals surface area contributed by atoms with Crippen molar-refractivity contribution in [3.8, 4) is 0 Å². The third-order valence-corrected chi connectivity index (χ3v) is 4.39. The zero-order chi connectivity index (χ0) is 14.1. The quantitative estimate of drug-likeness (QED) is 0.874. The van der Waals surface area contributed by atoms with Crippen LogP contribution in [0.4, 0.5) is 5.69 Å². The fraction of sp³-hybridized carbons (Fsp3) is 0.267. The SMILES string of the molecule is Nc1cc(Cl)ccc1C(=O)N(Cc1ccsc1)C1CC1. The molecule has 2 N–H and O–H groups in total. The molecule has 1 aliphatic rings. The molecule has 1 heterocycles. The summed E-state index contributed by atoms with van der Waals surface area (Å²) >= 11 is 7.53.